The largest absolute Gasteiger partial charge is 0.459 e. The number of ether oxygens (including phenoxy) is 3. The Morgan fingerprint density at radius 3 is 2.41 bits per heavy atom. The second-order valence-corrected chi connectivity index (χ2v) is 6.79. The van der Waals surface area contributed by atoms with E-state index < -0.39 is 39.0 Å². The summed E-state index contributed by atoms with van der Waals surface area (Å²) in [4.78, 5) is 23.5. The Balaban J connectivity index is 1.93. The van der Waals surface area contributed by atoms with E-state index in [0.717, 1.165) is 0 Å². The lowest BCUT2D eigenvalue weighted by molar-refractivity contribution is -0.151. The standard InChI is InChI=1S/C18H25O8P/c1-4-22-27(23-5-2)26-17-11-15(24-13(3)19)16(25-17)12-21-18(20)14-9-7-6-8-10-14/h6-10,15-17H,4-5,11-12H2,1-3H3/t15-,16+,17?/m0/s1. The van der Waals surface area contributed by atoms with E-state index in [1.165, 1.54) is 6.92 Å². The minimum atomic E-state index is -1.56. The smallest absolute Gasteiger partial charge is 0.338 e. The van der Waals surface area contributed by atoms with Gasteiger partial charge in [-0.05, 0) is 26.0 Å². The van der Waals surface area contributed by atoms with Crippen LogP contribution < -0.4 is 0 Å². The van der Waals surface area contributed by atoms with Crippen molar-refractivity contribution in [2.24, 2.45) is 0 Å². The summed E-state index contributed by atoms with van der Waals surface area (Å²) in [6.45, 7) is 5.79. The van der Waals surface area contributed by atoms with Crippen molar-refractivity contribution in [2.75, 3.05) is 19.8 Å². The first-order chi connectivity index (χ1) is 13.0. The highest BCUT2D eigenvalue weighted by molar-refractivity contribution is 7.41. The highest BCUT2D eigenvalue weighted by Gasteiger charge is 2.40. The van der Waals surface area contributed by atoms with Gasteiger partial charge < -0.3 is 23.3 Å². The summed E-state index contributed by atoms with van der Waals surface area (Å²) in [5.41, 5.74) is 0.434. The molecule has 27 heavy (non-hydrogen) atoms. The molecule has 1 fully saturated rings. The molecule has 0 aromatic heterocycles. The van der Waals surface area contributed by atoms with Gasteiger partial charge in [-0.15, -0.1) is 0 Å². The second-order valence-electron chi connectivity index (χ2n) is 5.62. The second kappa shape index (κ2) is 11.3. The summed E-state index contributed by atoms with van der Waals surface area (Å²) in [7, 11) is -1.56. The molecule has 9 heteroatoms. The van der Waals surface area contributed by atoms with E-state index in [4.69, 9.17) is 27.8 Å². The van der Waals surface area contributed by atoms with Crippen LogP contribution in [-0.4, -0.2) is 50.3 Å². The quantitative estimate of drug-likeness (QED) is 0.437. The van der Waals surface area contributed by atoms with Crippen molar-refractivity contribution in [1.82, 2.24) is 0 Å². The van der Waals surface area contributed by atoms with Gasteiger partial charge in [-0.3, -0.25) is 9.32 Å². The van der Waals surface area contributed by atoms with E-state index in [1.807, 2.05) is 19.9 Å². The molecule has 0 aliphatic carbocycles. The van der Waals surface area contributed by atoms with Gasteiger partial charge in [0, 0.05) is 13.3 Å². The number of carbonyl (C=O) groups is 2. The molecule has 1 unspecified atom stereocenters. The number of carbonyl (C=O) groups excluding carboxylic acids is 2. The molecule has 0 spiro atoms. The number of benzene rings is 1. The van der Waals surface area contributed by atoms with Crippen LogP contribution in [0.3, 0.4) is 0 Å². The topological polar surface area (TPSA) is 89.5 Å². The monoisotopic (exact) mass is 400 g/mol. The number of hydrogen-bond donors (Lipinski definition) is 0. The molecule has 150 valence electrons. The summed E-state index contributed by atoms with van der Waals surface area (Å²) < 4.78 is 32.8. The Kier molecular flexibility index (Phi) is 9.10. The molecule has 1 aliphatic heterocycles. The highest BCUT2D eigenvalue weighted by Crippen LogP contribution is 2.43. The fourth-order valence-electron chi connectivity index (χ4n) is 2.45. The van der Waals surface area contributed by atoms with Crippen molar-refractivity contribution in [3.8, 4) is 0 Å². The Morgan fingerprint density at radius 1 is 1.15 bits per heavy atom. The zero-order valence-corrected chi connectivity index (χ0v) is 16.6. The van der Waals surface area contributed by atoms with Gasteiger partial charge in [0.1, 0.15) is 18.8 Å². The first kappa shape index (κ1) is 21.7. The molecule has 8 nitrogen and oxygen atoms in total. The van der Waals surface area contributed by atoms with Gasteiger partial charge in [0.05, 0.1) is 18.8 Å². The summed E-state index contributed by atoms with van der Waals surface area (Å²) in [6.07, 6.45) is -1.60. The maximum absolute atomic E-state index is 12.1. The third-order valence-electron chi connectivity index (χ3n) is 3.54. The molecular formula is C18H25O8P. The van der Waals surface area contributed by atoms with Gasteiger partial charge >= 0.3 is 20.5 Å². The van der Waals surface area contributed by atoms with Crippen molar-refractivity contribution < 1.29 is 37.4 Å². The van der Waals surface area contributed by atoms with E-state index in [2.05, 4.69) is 0 Å². The summed E-state index contributed by atoms with van der Waals surface area (Å²) in [6, 6.07) is 8.62. The minimum Gasteiger partial charge on any atom is -0.459 e. The van der Waals surface area contributed by atoms with Crippen molar-refractivity contribution in [1.29, 1.82) is 0 Å². The normalized spacial score (nSPS) is 22.0. The molecule has 0 radical (unpaired) electrons. The fourth-order valence-corrected chi connectivity index (χ4v) is 3.40. The molecule has 2 rings (SSSR count). The van der Waals surface area contributed by atoms with Gasteiger partial charge in [0.2, 0.25) is 0 Å². The Labute approximate surface area is 160 Å². The molecular weight excluding hydrogens is 375 g/mol. The summed E-state index contributed by atoms with van der Waals surface area (Å²) >= 11 is 0. The Morgan fingerprint density at radius 2 is 1.81 bits per heavy atom. The van der Waals surface area contributed by atoms with Crippen LogP contribution in [-0.2, 0) is 32.6 Å². The van der Waals surface area contributed by atoms with Crippen molar-refractivity contribution in [3.63, 3.8) is 0 Å². The van der Waals surface area contributed by atoms with E-state index in [-0.39, 0.29) is 6.61 Å². The maximum atomic E-state index is 12.1. The lowest BCUT2D eigenvalue weighted by Crippen LogP contribution is -2.31. The van der Waals surface area contributed by atoms with E-state index >= 15 is 0 Å². The van der Waals surface area contributed by atoms with E-state index in [1.54, 1.807) is 24.3 Å². The Bertz CT molecular complexity index is 590. The average Bonchev–Trinajstić information content (AvgIpc) is 3.01. The Hall–Kier alpha value is -1.57. The third-order valence-corrected chi connectivity index (χ3v) is 4.89. The SMILES string of the molecule is CCOP(OCC)OC1C[C@H](OC(C)=O)[C@@H](COC(=O)c2ccccc2)O1. The molecule has 0 bridgehead atoms. The predicted molar refractivity (Wildman–Crippen MR) is 96.8 cm³/mol. The van der Waals surface area contributed by atoms with E-state index in [9.17, 15) is 9.59 Å². The summed E-state index contributed by atoms with van der Waals surface area (Å²) in [5, 5.41) is 0. The van der Waals surface area contributed by atoms with Crippen LogP contribution in [0, 0.1) is 0 Å². The molecule has 3 atom stereocenters. The van der Waals surface area contributed by atoms with Gasteiger partial charge in [-0.25, -0.2) is 4.79 Å². The van der Waals surface area contributed by atoms with Crippen LogP contribution in [0.1, 0.15) is 37.6 Å². The molecule has 1 saturated heterocycles. The van der Waals surface area contributed by atoms with Gasteiger partial charge in [0.15, 0.2) is 6.29 Å². The fraction of sp³-hybridized carbons (Fsp3) is 0.556. The van der Waals surface area contributed by atoms with Crippen molar-refractivity contribution in [2.45, 2.75) is 45.7 Å². The average molecular weight is 400 g/mol. The molecule has 1 aromatic carbocycles. The van der Waals surface area contributed by atoms with Crippen molar-refractivity contribution in [3.05, 3.63) is 35.9 Å². The van der Waals surface area contributed by atoms with Crippen LogP contribution in [0.15, 0.2) is 30.3 Å². The lowest BCUT2D eigenvalue weighted by atomic mass is 10.2. The van der Waals surface area contributed by atoms with E-state index in [0.29, 0.717) is 25.2 Å². The highest BCUT2D eigenvalue weighted by atomic mass is 31.2. The molecule has 1 aliphatic rings. The third kappa shape index (κ3) is 7.16. The lowest BCUT2D eigenvalue weighted by Gasteiger charge is -2.19. The van der Waals surface area contributed by atoms with Crippen LogP contribution in [0.2, 0.25) is 0 Å². The molecule has 0 N–H and O–H groups in total. The summed E-state index contributed by atoms with van der Waals surface area (Å²) in [5.74, 6) is -0.920. The minimum absolute atomic E-state index is 0.0628. The number of rotatable bonds is 10. The first-order valence-electron chi connectivity index (χ1n) is 8.81. The van der Waals surface area contributed by atoms with Gasteiger partial charge in [-0.1, -0.05) is 18.2 Å². The molecule has 1 heterocycles. The van der Waals surface area contributed by atoms with Crippen LogP contribution >= 0.6 is 8.60 Å². The number of esters is 2. The zero-order valence-electron chi connectivity index (χ0n) is 15.7. The van der Waals surface area contributed by atoms with Crippen LogP contribution in [0.5, 0.6) is 0 Å². The first-order valence-corrected chi connectivity index (χ1v) is 9.90. The predicted octanol–water partition coefficient (Wildman–Crippen LogP) is 3.21. The molecule has 0 saturated carbocycles. The van der Waals surface area contributed by atoms with Gasteiger partial charge in [-0.2, -0.15) is 0 Å². The maximum Gasteiger partial charge on any atom is 0.338 e. The van der Waals surface area contributed by atoms with Gasteiger partial charge in [0.25, 0.3) is 0 Å². The van der Waals surface area contributed by atoms with Crippen LogP contribution in [0.25, 0.3) is 0 Å². The molecule has 1 aromatic rings. The van der Waals surface area contributed by atoms with Crippen molar-refractivity contribution >= 4 is 20.5 Å². The number of hydrogen-bond acceptors (Lipinski definition) is 8. The van der Waals surface area contributed by atoms with Crippen LogP contribution in [0.4, 0.5) is 0 Å². The molecule has 0 amide bonds. The zero-order chi connectivity index (χ0) is 19.6.